The molecule has 1 amide bonds. The van der Waals surface area contributed by atoms with Crippen molar-refractivity contribution < 1.29 is 4.79 Å². The molecule has 1 unspecified atom stereocenters. The van der Waals surface area contributed by atoms with E-state index in [0.29, 0.717) is 5.91 Å². The molecule has 1 N–H and O–H groups in total. The minimum absolute atomic E-state index is 0.193. The summed E-state index contributed by atoms with van der Waals surface area (Å²) in [6.45, 7) is 6.24. The van der Waals surface area contributed by atoms with E-state index < -0.39 is 0 Å². The number of carbonyl (C=O) groups excluding carboxylic acids is 1. The van der Waals surface area contributed by atoms with E-state index in [4.69, 9.17) is 4.98 Å². The third-order valence-electron chi connectivity index (χ3n) is 5.05. The van der Waals surface area contributed by atoms with Gasteiger partial charge in [-0.2, -0.15) is 0 Å². The molecular weight excluding hydrogens is 332 g/mol. The van der Waals surface area contributed by atoms with Gasteiger partial charge in [-0.05, 0) is 13.0 Å². The molecule has 1 atom stereocenters. The van der Waals surface area contributed by atoms with Crippen LogP contribution in [0.2, 0.25) is 0 Å². The molecule has 0 bridgehead atoms. The number of piperazine rings is 1. The summed E-state index contributed by atoms with van der Waals surface area (Å²) in [6.07, 6.45) is 0.986. The molecule has 2 aliphatic heterocycles. The van der Waals surface area contributed by atoms with Crippen LogP contribution in [0.5, 0.6) is 0 Å². The number of amides is 1. The van der Waals surface area contributed by atoms with Gasteiger partial charge in [-0.1, -0.05) is 30.3 Å². The molecule has 5 nitrogen and oxygen atoms in total. The first-order valence-electron chi connectivity index (χ1n) is 9.01. The lowest BCUT2D eigenvalue weighted by atomic mass is 10.1. The fourth-order valence-corrected chi connectivity index (χ4v) is 4.39. The van der Waals surface area contributed by atoms with Gasteiger partial charge in [-0.25, -0.2) is 4.98 Å². The van der Waals surface area contributed by atoms with Gasteiger partial charge in [-0.3, -0.25) is 9.69 Å². The second kappa shape index (κ2) is 7.64. The maximum absolute atomic E-state index is 12.5. The minimum Gasteiger partial charge on any atom is -0.340 e. The fraction of sp³-hybridized carbons (Fsp3) is 0.474. The predicted molar refractivity (Wildman–Crippen MR) is 100 cm³/mol. The van der Waals surface area contributed by atoms with Crippen LogP contribution < -0.4 is 5.32 Å². The highest BCUT2D eigenvalue weighted by Crippen LogP contribution is 2.24. The van der Waals surface area contributed by atoms with Crippen molar-refractivity contribution in [1.29, 1.82) is 0 Å². The van der Waals surface area contributed by atoms with E-state index in [2.05, 4.69) is 27.7 Å². The minimum atomic E-state index is 0.193. The summed E-state index contributed by atoms with van der Waals surface area (Å²) in [7, 11) is 0. The van der Waals surface area contributed by atoms with Crippen LogP contribution in [-0.4, -0.2) is 60.0 Å². The number of hydrogen-bond acceptors (Lipinski definition) is 5. The molecule has 132 valence electrons. The molecule has 3 heterocycles. The number of carbonyl (C=O) groups is 1. The molecule has 1 aromatic carbocycles. The van der Waals surface area contributed by atoms with Gasteiger partial charge >= 0.3 is 0 Å². The van der Waals surface area contributed by atoms with Crippen molar-refractivity contribution in [2.45, 2.75) is 13.0 Å². The molecule has 4 rings (SSSR count). The van der Waals surface area contributed by atoms with Gasteiger partial charge in [0.05, 0.1) is 11.6 Å². The van der Waals surface area contributed by atoms with Crippen molar-refractivity contribution in [3.05, 3.63) is 41.4 Å². The third kappa shape index (κ3) is 3.92. The highest BCUT2D eigenvalue weighted by molar-refractivity contribution is 7.13. The zero-order valence-electron chi connectivity index (χ0n) is 14.4. The molecule has 2 aromatic rings. The predicted octanol–water partition coefficient (Wildman–Crippen LogP) is 2.06. The molecule has 2 fully saturated rings. The molecule has 0 saturated carbocycles. The van der Waals surface area contributed by atoms with Gasteiger partial charge in [0.2, 0.25) is 5.91 Å². The zero-order chi connectivity index (χ0) is 17.1. The van der Waals surface area contributed by atoms with Gasteiger partial charge in [0.15, 0.2) is 0 Å². The third-order valence-corrected chi connectivity index (χ3v) is 5.99. The lowest BCUT2D eigenvalue weighted by Crippen LogP contribution is -2.50. The number of nitrogens with one attached hydrogen (secondary N) is 1. The normalized spacial score (nSPS) is 21.6. The Morgan fingerprint density at radius 3 is 2.72 bits per heavy atom. The van der Waals surface area contributed by atoms with Crippen LogP contribution in [0.3, 0.4) is 0 Å². The summed E-state index contributed by atoms with van der Waals surface area (Å²) in [5, 5.41) is 6.52. The Hall–Kier alpha value is -1.76. The maximum Gasteiger partial charge on any atom is 0.227 e. The molecular formula is C19H24N4OS. The highest BCUT2D eigenvalue weighted by atomic mass is 32.1. The van der Waals surface area contributed by atoms with Gasteiger partial charge < -0.3 is 10.2 Å². The van der Waals surface area contributed by atoms with Gasteiger partial charge in [0, 0.05) is 50.2 Å². The number of benzene rings is 1. The summed E-state index contributed by atoms with van der Waals surface area (Å²) in [6, 6.07) is 10.3. The molecule has 2 saturated heterocycles. The molecule has 0 spiro atoms. The number of nitrogens with zero attached hydrogens (tertiary/aromatic N) is 3. The van der Waals surface area contributed by atoms with Gasteiger partial charge in [-0.15, -0.1) is 11.3 Å². The molecule has 1 aromatic heterocycles. The van der Waals surface area contributed by atoms with Crippen LogP contribution in [0.1, 0.15) is 12.1 Å². The second-order valence-corrected chi connectivity index (χ2v) is 7.66. The number of hydrogen-bond donors (Lipinski definition) is 1. The van der Waals surface area contributed by atoms with E-state index in [1.807, 2.05) is 23.1 Å². The van der Waals surface area contributed by atoms with E-state index in [9.17, 15) is 4.79 Å². The quantitative estimate of drug-likeness (QED) is 0.911. The summed E-state index contributed by atoms with van der Waals surface area (Å²) >= 11 is 1.70. The average molecular weight is 356 g/mol. The van der Waals surface area contributed by atoms with Crippen molar-refractivity contribution in [1.82, 2.24) is 20.1 Å². The molecule has 25 heavy (non-hydrogen) atoms. The van der Waals surface area contributed by atoms with Crippen LogP contribution in [0, 0.1) is 5.92 Å². The smallest absolute Gasteiger partial charge is 0.227 e. The monoisotopic (exact) mass is 356 g/mol. The van der Waals surface area contributed by atoms with Crippen LogP contribution in [0.25, 0.3) is 10.6 Å². The van der Waals surface area contributed by atoms with Crippen LogP contribution in [0.15, 0.2) is 35.7 Å². The first-order valence-corrected chi connectivity index (χ1v) is 9.89. The summed E-state index contributed by atoms with van der Waals surface area (Å²) in [4.78, 5) is 21.7. The highest BCUT2D eigenvalue weighted by Gasteiger charge is 2.29. The van der Waals surface area contributed by atoms with Crippen LogP contribution in [0.4, 0.5) is 0 Å². The molecule has 2 aliphatic rings. The van der Waals surface area contributed by atoms with E-state index in [0.717, 1.165) is 62.9 Å². The first kappa shape index (κ1) is 16.7. The molecule has 0 radical (unpaired) electrons. The van der Waals surface area contributed by atoms with Crippen molar-refractivity contribution in [2.24, 2.45) is 5.92 Å². The molecule has 0 aliphatic carbocycles. The Morgan fingerprint density at radius 2 is 2.00 bits per heavy atom. The maximum atomic E-state index is 12.5. The van der Waals surface area contributed by atoms with Gasteiger partial charge in [0.25, 0.3) is 0 Å². The Morgan fingerprint density at radius 1 is 1.20 bits per heavy atom. The first-order chi connectivity index (χ1) is 12.3. The average Bonchev–Trinajstić information content (AvgIpc) is 3.35. The largest absolute Gasteiger partial charge is 0.340 e. The van der Waals surface area contributed by atoms with E-state index in [1.54, 1.807) is 11.3 Å². The Balaban J connectivity index is 1.30. The lowest BCUT2D eigenvalue weighted by Gasteiger charge is -2.35. The number of aromatic nitrogens is 1. The lowest BCUT2D eigenvalue weighted by molar-refractivity contribution is -0.136. The second-order valence-electron chi connectivity index (χ2n) is 6.80. The SMILES string of the molecule is O=C(C1CCNC1)N1CCN(Cc2csc(-c3ccccc3)n2)CC1. The van der Waals surface area contributed by atoms with Gasteiger partial charge in [0.1, 0.15) is 5.01 Å². The Kier molecular flexibility index (Phi) is 5.10. The summed E-state index contributed by atoms with van der Waals surface area (Å²) < 4.78 is 0. The number of thiazole rings is 1. The van der Waals surface area contributed by atoms with Crippen molar-refractivity contribution in [3.63, 3.8) is 0 Å². The van der Waals surface area contributed by atoms with Crippen molar-refractivity contribution in [3.8, 4) is 10.6 Å². The van der Waals surface area contributed by atoms with Crippen molar-refractivity contribution in [2.75, 3.05) is 39.3 Å². The van der Waals surface area contributed by atoms with Crippen molar-refractivity contribution >= 4 is 17.2 Å². The molecule has 6 heteroatoms. The fourth-order valence-electron chi connectivity index (χ4n) is 3.57. The zero-order valence-corrected chi connectivity index (χ0v) is 15.2. The van der Waals surface area contributed by atoms with E-state index in [1.165, 1.54) is 5.56 Å². The number of rotatable bonds is 4. The summed E-state index contributed by atoms with van der Waals surface area (Å²) in [5.74, 6) is 0.531. The standard InChI is InChI=1S/C19H24N4OS/c24-19(16-6-7-20-12-16)23-10-8-22(9-11-23)13-17-14-25-18(21-17)15-4-2-1-3-5-15/h1-5,14,16,20H,6-13H2. The van der Waals surface area contributed by atoms with Crippen LogP contribution in [-0.2, 0) is 11.3 Å². The van der Waals surface area contributed by atoms with E-state index >= 15 is 0 Å². The Bertz CT molecular complexity index is 703. The van der Waals surface area contributed by atoms with Crippen LogP contribution >= 0.6 is 11.3 Å². The summed E-state index contributed by atoms with van der Waals surface area (Å²) in [5.41, 5.74) is 2.31. The Labute approximate surface area is 152 Å². The van der Waals surface area contributed by atoms with E-state index in [-0.39, 0.29) is 5.92 Å². The topological polar surface area (TPSA) is 48.5 Å².